The Balaban J connectivity index is 2.28. The number of benzene rings is 2. The van der Waals surface area contributed by atoms with Crippen molar-refractivity contribution in [1.82, 2.24) is 0 Å². The van der Waals surface area contributed by atoms with Crippen LogP contribution in [0.25, 0.3) is 0 Å². The molecule has 0 aliphatic carbocycles. The number of nitrogens with two attached hydrogens (primary N) is 1. The highest BCUT2D eigenvalue weighted by atomic mass is 19.1. The first-order chi connectivity index (χ1) is 10.0. The fraction of sp³-hybridized carbons (Fsp3) is 0.133. The third-order valence-electron chi connectivity index (χ3n) is 3.13. The van der Waals surface area contributed by atoms with E-state index in [2.05, 4.69) is 5.16 Å². The van der Waals surface area contributed by atoms with Gasteiger partial charge in [0.2, 0.25) is 0 Å². The molecule has 0 aliphatic rings. The summed E-state index contributed by atoms with van der Waals surface area (Å²) in [7, 11) is 1.81. The van der Waals surface area contributed by atoms with Crippen LogP contribution >= 0.6 is 0 Å². The second-order valence-electron chi connectivity index (χ2n) is 4.62. The Labute approximate surface area is 121 Å². The molecule has 4 nitrogen and oxygen atoms in total. The minimum atomic E-state index is -0.468. The lowest BCUT2D eigenvalue weighted by atomic mass is 10.1. The second-order valence-corrected chi connectivity index (χ2v) is 4.62. The van der Waals surface area contributed by atoms with Crippen molar-refractivity contribution < 1.29 is 14.0 Å². The van der Waals surface area contributed by atoms with Crippen molar-refractivity contribution in [2.45, 2.75) is 6.54 Å². The summed E-state index contributed by atoms with van der Waals surface area (Å²) in [5, 5.41) is 11.7. The third kappa shape index (κ3) is 3.47. The molecule has 0 aliphatic heterocycles. The van der Waals surface area contributed by atoms with E-state index in [1.807, 2.05) is 11.9 Å². The predicted octanol–water partition coefficient (Wildman–Crippen LogP) is 2.70. The number of rotatable bonds is 4. The molecule has 0 radical (unpaired) electrons. The molecule has 0 aromatic heterocycles. The highest BCUT2D eigenvalue weighted by Crippen LogP contribution is 2.19. The van der Waals surface area contributed by atoms with E-state index in [4.69, 9.17) is 10.9 Å². The van der Waals surface area contributed by atoms with Gasteiger partial charge >= 0.3 is 0 Å². The van der Waals surface area contributed by atoms with Crippen LogP contribution in [0.2, 0.25) is 0 Å². The van der Waals surface area contributed by atoms with E-state index in [0.717, 1.165) is 5.69 Å². The summed E-state index contributed by atoms with van der Waals surface area (Å²) in [6.07, 6.45) is 0. The van der Waals surface area contributed by atoms with E-state index in [1.165, 1.54) is 24.3 Å². The minimum Gasteiger partial charge on any atom is -0.409 e. The van der Waals surface area contributed by atoms with E-state index in [-0.39, 0.29) is 11.7 Å². The number of oxime groups is 1. The van der Waals surface area contributed by atoms with Crippen molar-refractivity contribution in [3.63, 3.8) is 0 Å². The van der Waals surface area contributed by atoms with Crippen molar-refractivity contribution in [3.05, 3.63) is 65.2 Å². The van der Waals surface area contributed by atoms with Gasteiger partial charge in [-0.1, -0.05) is 11.2 Å². The van der Waals surface area contributed by atoms with E-state index in [1.54, 1.807) is 18.2 Å². The summed E-state index contributed by atoms with van der Waals surface area (Å²) >= 11 is 0. The largest absolute Gasteiger partial charge is 0.409 e. The molecular formula is C15H15F2N3O. The lowest BCUT2D eigenvalue weighted by Gasteiger charge is -2.21. The Morgan fingerprint density at radius 3 is 2.38 bits per heavy atom. The zero-order valence-electron chi connectivity index (χ0n) is 11.4. The lowest BCUT2D eigenvalue weighted by Crippen LogP contribution is -2.21. The average molecular weight is 291 g/mol. The predicted molar refractivity (Wildman–Crippen MR) is 77.4 cm³/mol. The Morgan fingerprint density at radius 2 is 1.76 bits per heavy atom. The summed E-state index contributed by atoms with van der Waals surface area (Å²) in [5.74, 6) is -0.937. The van der Waals surface area contributed by atoms with Gasteiger partial charge in [-0.3, -0.25) is 0 Å². The maximum absolute atomic E-state index is 13.3. The van der Waals surface area contributed by atoms with Crippen LogP contribution in [0.3, 0.4) is 0 Å². The fourth-order valence-electron chi connectivity index (χ4n) is 2.02. The Morgan fingerprint density at radius 1 is 1.14 bits per heavy atom. The number of amidine groups is 1. The molecule has 2 aromatic carbocycles. The van der Waals surface area contributed by atoms with Gasteiger partial charge in [-0.25, -0.2) is 8.78 Å². The average Bonchev–Trinajstić information content (AvgIpc) is 2.48. The molecule has 0 heterocycles. The molecule has 2 aromatic rings. The molecule has 110 valence electrons. The summed E-state index contributed by atoms with van der Waals surface area (Å²) in [4.78, 5) is 1.85. The van der Waals surface area contributed by atoms with Gasteiger partial charge in [-0.15, -0.1) is 0 Å². The normalized spacial score (nSPS) is 11.5. The maximum Gasteiger partial charge on any atom is 0.170 e. The van der Waals surface area contributed by atoms with Crippen molar-refractivity contribution in [2.24, 2.45) is 10.9 Å². The molecule has 0 unspecified atom stereocenters. The maximum atomic E-state index is 13.3. The summed E-state index contributed by atoms with van der Waals surface area (Å²) < 4.78 is 26.2. The monoisotopic (exact) mass is 291 g/mol. The number of halogens is 2. The van der Waals surface area contributed by atoms with Gasteiger partial charge in [0.1, 0.15) is 11.6 Å². The van der Waals surface area contributed by atoms with Gasteiger partial charge in [-0.2, -0.15) is 0 Å². The van der Waals surface area contributed by atoms with Crippen LogP contribution in [-0.2, 0) is 6.54 Å². The second kappa shape index (κ2) is 6.21. The number of nitrogens with zero attached hydrogens (tertiary/aromatic N) is 2. The standard InChI is InChI=1S/C15H15F2N3O/c1-20(13-6-4-11(16)5-7-13)9-10-2-3-12(17)8-14(10)15(18)19-21/h2-8,21H,9H2,1H3,(H2,18,19). The number of hydrogen-bond donors (Lipinski definition) is 2. The quantitative estimate of drug-likeness (QED) is 0.394. The molecule has 0 amide bonds. The van der Waals surface area contributed by atoms with E-state index < -0.39 is 5.82 Å². The van der Waals surface area contributed by atoms with E-state index >= 15 is 0 Å². The smallest absolute Gasteiger partial charge is 0.170 e. The highest BCUT2D eigenvalue weighted by molar-refractivity contribution is 5.98. The lowest BCUT2D eigenvalue weighted by molar-refractivity contribution is 0.318. The van der Waals surface area contributed by atoms with Crippen LogP contribution in [0.4, 0.5) is 14.5 Å². The zero-order valence-corrected chi connectivity index (χ0v) is 11.4. The van der Waals surface area contributed by atoms with Gasteiger partial charge in [0, 0.05) is 24.8 Å². The van der Waals surface area contributed by atoms with Crippen molar-refractivity contribution in [1.29, 1.82) is 0 Å². The molecule has 0 spiro atoms. The minimum absolute atomic E-state index is 0.156. The SMILES string of the molecule is CN(Cc1ccc(F)cc1C(N)=NO)c1ccc(F)cc1. The van der Waals surface area contributed by atoms with E-state index in [0.29, 0.717) is 17.7 Å². The van der Waals surface area contributed by atoms with Gasteiger partial charge in [0.05, 0.1) is 0 Å². The van der Waals surface area contributed by atoms with Crippen LogP contribution in [0.1, 0.15) is 11.1 Å². The molecule has 0 saturated carbocycles. The molecule has 0 atom stereocenters. The van der Waals surface area contributed by atoms with Gasteiger partial charge in [-0.05, 0) is 42.0 Å². The van der Waals surface area contributed by atoms with Crippen LogP contribution in [0, 0.1) is 11.6 Å². The molecule has 3 N–H and O–H groups in total. The molecule has 6 heteroatoms. The first-order valence-corrected chi connectivity index (χ1v) is 6.24. The first-order valence-electron chi connectivity index (χ1n) is 6.24. The van der Waals surface area contributed by atoms with Crippen LogP contribution in [0.5, 0.6) is 0 Å². The summed E-state index contributed by atoms with van der Waals surface area (Å²) in [6, 6.07) is 10.1. The Bertz CT molecular complexity index is 656. The summed E-state index contributed by atoms with van der Waals surface area (Å²) in [6.45, 7) is 0.400. The van der Waals surface area contributed by atoms with Crippen LogP contribution in [0.15, 0.2) is 47.6 Å². The van der Waals surface area contributed by atoms with Crippen molar-refractivity contribution >= 4 is 11.5 Å². The van der Waals surface area contributed by atoms with Gasteiger partial charge < -0.3 is 15.8 Å². The highest BCUT2D eigenvalue weighted by Gasteiger charge is 2.11. The Kier molecular flexibility index (Phi) is 4.37. The molecule has 0 saturated heterocycles. The first kappa shape index (κ1) is 14.8. The van der Waals surface area contributed by atoms with Crippen molar-refractivity contribution in [3.8, 4) is 0 Å². The molecule has 21 heavy (non-hydrogen) atoms. The summed E-state index contributed by atoms with van der Waals surface area (Å²) in [5.41, 5.74) is 7.38. The third-order valence-corrected chi connectivity index (χ3v) is 3.13. The van der Waals surface area contributed by atoms with Gasteiger partial charge in [0.25, 0.3) is 0 Å². The molecule has 2 rings (SSSR count). The molecule has 0 bridgehead atoms. The molecular weight excluding hydrogens is 276 g/mol. The fourth-order valence-corrected chi connectivity index (χ4v) is 2.02. The van der Waals surface area contributed by atoms with Crippen molar-refractivity contribution in [2.75, 3.05) is 11.9 Å². The van der Waals surface area contributed by atoms with Crippen LogP contribution in [-0.4, -0.2) is 18.1 Å². The van der Waals surface area contributed by atoms with Gasteiger partial charge in [0.15, 0.2) is 5.84 Å². The van der Waals surface area contributed by atoms with E-state index in [9.17, 15) is 8.78 Å². The molecule has 0 fully saturated rings. The number of hydrogen-bond acceptors (Lipinski definition) is 3. The zero-order chi connectivity index (χ0) is 15.4. The topological polar surface area (TPSA) is 61.8 Å². The van der Waals surface area contributed by atoms with Crippen LogP contribution < -0.4 is 10.6 Å². The Hall–Kier alpha value is -2.63. The number of anilines is 1.